The van der Waals surface area contributed by atoms with Crippen LogP contribution in [-0.4, -0.2) is 6.04 Å². The first-order valence-corrected chi connectivity index (χ1v) is 7.32. The molecular formula is C12H18BrNS. The maximum Gasteiger partial charge on any atom is 0.0388 e. The molecule has 0 bridgehead atoms. The smallest absolute Gasteiger partial charge is 0.0388 e. The van der Waals surface area contributed by atoms with Gasteiger partial charge in [-0.1, -0.05) is 12.8 Å². The number of thiophene rings is 1. The van der Waals surface area contributed by atoms with Crippen LogP contribution in [0.2, 0.25) is 0 Å². The molecule has 1 aromatic heterocycles. The van der Waals surface area contributed by atoms with Gasteiger partial charge in [0.05, 0.1) is 0 Å². The van der Waals surface area contributed by atoms with Crippen LogP contribution in [-0.2, 0) is 0 Å². The van der Waals surface area contributed by atoms with Crippen molar-refractivity contribution < 1.29 is 0 Å². The standard InChI is InChI=1S/C12H18BrNS/c1-8(5-10-3-4-10)14-9(2)12-6-11(13)7-15-12/h6-10,14H,3-5H2,1-2H3. The molecule has 1 nitrogen and oxygen atoms in total. The van der Waals surface area contributed by atoms with Gasteiger partial charge in [-0.15, -0.1) is 11.3 Å². The first kappa shape index (κ1) is 11.6. The zero-order chi connectivity index (χ0) is 10.8. The first-order chi connectivity index (χ1) is 7.15. The average Bonchev–Trinajstić information content (AvgIpc) is 2.85. The molecule has 1 aliphatic carbocycles. The molecule has 15 heavy (non-hydrogen) atoms. The number of nitrogens with one attached hydrogen (secondary N) is 1. The van der Waals surface area contributed by atoms with E-state index in [-0.39, 0.29) is 0 Å². The van der Waals surface area contributed by atoms with Gasteiger partial charge in [0.15, 0.2) is 0 Å². The van der Waals surface area contributed by atoms with Gasteiger partial charge in [0, 0.05) is 26.8 Å². The van der Waals surface area contributed by atoms with Gasteiger partial charge in [0.2, 0.25) is 0 Å². The summed E-state index contributed by atoms with van der Waals surface area (Å²) in [6.45, 7) is 4.55. The monoisotopic (exact) mass is 287 g/mol. The van der Waals surface area contributed by atoms with Gasteiger partial charge >= 0.3 is 0 Å². The van der Waals surface area contributed by atoms with Crippen molar-refractivity contribution in [3.8, 4) is 0 Å². The van der Waals surface area contributed by atoms with Crippen LogP contribution in [0.3, 0.4) is 0 Å². The molecule has 2 rings (SSSR count). The van der Waals surface area contributed by atoms with Crippen molar-refractivity contribution in [2.24, 2.45) is 5.92 Å². The van der Waals surface area contributed by atoms with Crippen LogP contribution < -0.4 is 5.32 Å². The number of hydrogen-bond acceptors (Lipinski definition) is 2. The van der Waals surface area contributed by atoms with Gasteiger partial charge in [0.1, 0.15) is 0 Å². The lowest BCUT2D eigenvalue weighted by Gasteiger charge is -2.18. The largest absolute Gasteiger partial charge is 0.307 e. The highest BCUT2D eigenvalue weighted by atomic mass is 79.9. The van der Waals surface area contributed by atoms with Crippen LogP contribution in [0.4, 0.5) is 0 Å². The fourth-order valence-corrected chi connectivity index (χ4v) is 3.45. The third-order valence-electron chi connectivity index (χ3n) is 2.93. The minimum absolute atomic E-state index is 0.482. The van der Waals surface area contributed by atoms with E-state index in [0.29, 0.717) is 12.1 Å². The Labute approximate surface area is 104 Å². The third-order valence-corrected chi connectivity index (χ3v) is 4.81. The molecule has 0 radical (unpaired) electrons. The Morgan fingerprint density at radius 2 is 2.27 bits per heavy atom. The summed E-state index contributed by atoms with van der Waals surface area (Å²) in [5.41, 5.74) is 0. The molecule has 3 heteroatoms. The van der Waals surface area contributed by atoms with Crippen molar-refractivity contribution in [1.82, 2.24) is 5.32 Å². The maximum absolute atomic E-state index is 3.67. The first-order valence-electron chi connectivity index (χ1n) is 5.65. The summed E-state index contributed by atoms with van der Waals surface area (Å²) in [4.78, 5) is 1.42. The lowest BCUT2D eigenvalue weighted by molar-refractivity contribution is 0.442. The zero-order valence-corrected chi connectivity index (χ0v) is 11.7. The highest BCUT2D eigenvalue weighted by Crippen LogP contribution is 2.34. The normalized spacial score (nSPS) is 20.2. The van der Waals surface area contributed by atoms with E-state index >= 15 is 0 Å². The minimum Gasteiger partial charge on any atom is -0.307 e. The molecule has 1 N–H and O–H groups in total. The van der Waals surface area contributed by atoms with Crippen LogP contribution in [0, 0.1) is 5.92 Å². The topological polar surface area (TPSA) is 12.0 Å². The molecule has 2 unspecified atom stereocenters. The molecule has 84 valence electrons. The van der Waals surface area contributed by atoms with Gasteiger partial charge < -0.3 is 5.32 Å². The quantitative estimate of drug-likeness (QED) is 0.849. The van der Waals surface area contributed by atoms with Crippen molar-refractivity contribution in [3.63, 3.8) is 0 Å². The second-order valence-electron chi connectivity index (χ2n) is 4.64. The van der Waals surface area contributed by atoms with E-state index in [1.165, 1.54) is 28.6 Å². The predicted octanol–water partition coefficient (Wildman–Crippen LogP) is 4.35. The molecule has 0 amide bonds. The van der Waals surface area contributed by atoms with Crippen molar-refractivity contribution >= 4 is 27.3 Å². The summed E-state index contributed by atoms with van der Waals surface area (Å²) < 4.78 is 1.20. The fourth-order valence-electron chi connectivity index (χ4n) is 1.99. The van der Waals surface area contributed by atoms with E-state index < -0.39 is 0 Å². The molecule has 1 aromatic rings. The maximum atomic E-state index is 3.67. The van der Waals surface area contributed by atoms with Crippen molar-refractivity contribution in [2.45, 2.75) is 45.2 Å². The molecule has 0 aliphatic heterocycles. The Hall–Kier alpha value is 0.140. The molecule has 0 aromatic carbocycles. The lowest BCUT2D eigenvalue weighted by Crippen LogP contribution is -2.28. The molecule has 1 heterocycles. The SMILES string of the molecule is CC(CC1CC1)NC(C)c1cc(Br)cs1. The molecule has 0 saturated heterocycles. The molecule has 1 aliphatic rings. The average molecular weight is 288 g/mol. The number of halogens is 1. The van der Waals surface area contributed by atoms with Crippen LogP contribution in [0.5, 0.6) is 0 Å². The van der Waals surface area contributed by atoms with Gasteiger partial charge in [-0.3, -0.25) is 0 Å². The summed E-state index contributed by atoms with van der Waals surface area (Å²) in [5.74, 6) is 1.01. The van der Waals surface area contributed by atoms with Crippen LogP contribution in [0.1, 0.15) is 44.0 Å². The van der Waals surface area contributed by atoms with Crippen LogP contribution >= 0.6 is 27.3 Å². The van der Waals surface area contributed by atoms with Crippen molar-refractivity contribution in [2.75, 3.05) is 0 Å². The Morgan fingerprint density at radius 1 is 1.53 bits per heavy atom. The van der Waals surface area contributed by atoms with E-state index in [1.807, 2.05) is 11.3 Å². The van der Waals surface area contributed by atoms with E-state index in [0.717, 1.165) is 5.92 Å². The summed E-state index contributed by atoms with van der Waals surface area (Å²) in [6, 6.07) is 3.34. The van der Waals surface area contributed by atoms with Crippen LogP contribution in [0.25, 0.3) is 0 Å². The lowest BCUT2D eigenvalue weighted by atomic mass is 10.1. The summed E-state index contributed by atoms with van der Waals surface area (Å²) in [6.07, 6.45) is 4.24. The molecule has 2 atom stereocenters. The van der Waals surface area contributed by atoms with Gasteiger partial charge in [-0.05, 0) is 48.2 Å². The Bertz CT molecular complexity index is 319. The summed E-state index contributed by atoms with van der Waals surface area (Å²) in [5, 5.41) is 5.82. The van der Waals surface area contributed by atoms with E-state index in [4.69, 9.17) is 0 Å². The molecule has 1 fully saturated rings. The Kier molecular flexibility index (Phi) is 3.86. The Balaban J connectivity index is 1.82. The van der Waals surface area contributed by atoms with Crippen molar-refractivity contribution in [1.29, 1.82) is 0 Å². The fraction of sp³-hybridized carbons (Fsp3) is 0.667. The third kappa shape index (κ3) is 3.58. The van der Waals surface area contributed by atoms with E-state index in [2.05, 4.69) is 46.5 Å². The molecule has 1 saturated carbocycles. The number of hydrogen-bond donors (Lipinski definition) is 1. The molecule has 0 spiro atoms. The Morgan fingerprint density at radius 3 is 2.80 bits per heavy atom. The number of rotatable bonds is 5. The summed E-state index contributed by atoms with van der Waals surface area (Å²) >= 11 is 5.32. The zero-order valence-electron chi connectivity index (χ0n) is 9.29. The van der Waals surface area contributed by atoms with Gasteiger partial charge in [-0.2, -0.15) is 0 Å². The highest BCUT2D eigenvalue weighted by Gasteiger charge is 2.24. The minimum atomic E-state index is 0.482. The van der Waals surface area contributed by atoms with Gasteiger partial charge in [-0.25, -0.2) is 0 Å². The van der Waals surface area contributed by atoms with Crippen LogP contribution in [0.15, 0.2) is 15.9 Å². The second-order valence-corrected chi connectivity index (χ2v) is 6.49. The molecular weight excluding hydrogens is 270 g/mol. The van der Waals surface area contributed by atoms with E-state index in [1.54, 1.807) is 0 Å². The highest BCUT2D eigenvalue weighted by molar-refractivity contribution is 9.10. The van der Waals surface area contributed by atoms with E-state index in [9.17, 15) is 0 Å². The predicted molar refractivity (Wildman–Crippen MR) is 70.4 cm³/mol. The van der Waals surface area contributed by atoms with Crippen molar-refractivity contribution in [3.05, 3.63) is 20.8 Å². The summed E-state index contributed by atoms with van der Waals surface area (Å²) in [7, 11) is 0. The van der Waals surface area contributed by atoms with Gasteiger partial charge in [0.25, 0.3) is 0 Å². The second kappa shape index (κ2) is 4.98.